The molecule has 0 spiro atoms. The fraction of sp³-hybridized carbons (Fsp3) is 0.905. The minimum absolute atomic E-state index is 0.0231. The zero-order valence-electron chi connectivity index (χ0n) is 38.2. The van der Waals surface area contributed by atoms with E-state index in [0.29, 0.717) is 6.42 Å². The van der Waals surface area contributed by atoms with Crippen LogP contribution in [0.25, 0.3) is 0 Å². The number of aliphatic carboxylic acids is 2. The number of cyclic esters (lactones) is 1. The maximum atomic E-state index is 14.1. The monoisotopic (exact) mass is 881 g/mol. The molecule has 0 aromatic rings. The standard InChI is InChI=1S/C37H67NO13.C5H9NO4/c1-14-25-37(10,45)30(41)20(4)27(39)18(2)16-35(8,44)32(51-34-28(40)24(38(11)12)15-19(3)47-34)21(5)29(22(6)33(43)49-25)50-26-17-36(9,46-13)31(42)23(7)48-26;6-3(5(9)10)1-2-4(7)8/h18-26,28-32,34,40-42,44-45H,14-17H2,1-13H3;3H,1-2,6H2,(H,7,8)(H,9,10)/t18-,19-,20+,21+,22-,23+,24+,25?,26+,28-,29+,30-,31+,32-,34+,35-,36-,37-;3-/m10/s1. The maximum Gasteiger partial charge on any atom is 0.320 e. The molecule has 0 aliphatic carbocycles. The summed E-state index contributed by atoms with van der Waals surface area (Å²) in [5.74, 6) is -7.17. The number of ether oxygens (including phenoxy) is 6. The van der Waals surface area contributed by atoms with Crippen molar-refractivity contribution in [1.29, 1.82) is 0 Å². The van der Waals surface area contributed by atoms with Crippen LogP contribution in [0.1, 0.15) is 108 Å². The number of carbonyl (C=O) groups is 4. The van der Waals surface area contributed by atoms with E-state index in [1.807, 2.05) is 25.9 Å². The molecule has 1 unspecified atom stereocenters. The Morgan fingerprint density at radius 1 is 0.918 bits per heavy atom. The number of rotatable bonds is 11. The highest BCUT2D eigenvalue weighted by Gasteiger charge is 2.53. The number of hydrogen-bond donors (Lipinski definition) is 8. The topological polar surface area (TPSA) is 295 Å². The number of nitrogens with two attached hydrogens (primary N) is 1. The van der Waals surface area contributed by atoms with Gasteiger partial charge in [-0.05, 0) is 81.3 Å². The summed E-state index contributed by atoms with van der Waals surface area (Å²) in [5.41, 5.74) is 0.163. The summed E-state index contributed by atoms with van der Waals surface area (Å²) in [4.78, 5) is 49.6. The fourth-order valence-electron chi connectivity index (χ4n) is 8.81. The lowest BCUT2D eigenvalue weighted by atomic mass is 9.74. The van der Waals surface area contributed by atoms with Crippen molar-refractivity contribution in [3.63, 3.8) is 0 Å². The van der Waals surface area contributed by atoms with Crippen LogP contribution in [0, 0.1) is 23.7 Å². The van der Waals surface area contributed by atoms with Crippen molar-refractivity contribution in [2.24, 2.45) is 29.4 Å². The number of aliphatic hydroxyl groups excluding tert-OH is 3. The van der Waals surface area contributed by atoms with Crippen LogP contribution in [0.3, 0.4) is 0 Å². The summed E-state index contributed by atoms with van der Waals surface area (Å²) in [7, 11) is 5.18. The molecule has 0 amide bonds. The Labute approximate surface area is 360 Å². The Bertz CT molecular complexity index is 1450. The second-order valence-electron chi connectivity index (χ2n) is 18.3. The van der Waals surface area contributed by atoms with E-state index in [1.165, 1.54) is 27.9 Å². The first-order valence-electron chi connectivity index (χ1n) is 21.2. The van der Waals surface area contributed by atoms with Crippen LogP contribution in [-0.4, -0.2) is 176 Å². The number of Topliss-reactive ketones (excluding diaryl/α,β-unsaturated/α-hetero) is 1. The van der Waals surface area contributed by atoms with E-state index in [-0.39, 0.29) is 44.2 Å². The number of ketones is 1. The number of carboxylic acids is 2. The van der Waals surface area contributed by atoms with E-state index >= 15 is 0 Å². The molecular formula is C42H76N2O17. The summed E-state index contributed by atoms with van der Waals surface area (Å²) in [6.07, 6.45) is -9.93. The lowest BCUT2D eigenvalue weighted by molar-refractivity contribution is -0.318. The van der Waals surface area contributed by atoms with Gasteiger partial charge in [-0.2, -0.15) is 0 Å². The van der Waals surface area contributed by atoms with E-state index in [4.69, 9.17) is 44.4 Å². The summed E-state index contributed by atoms with van der Waals surface area (Å²) >= 11 is 0. The van der Waals surface area contributed by atoms with Gasteiger partial charge in [0.2, 0.25) is 0 Å². The molecule has 3 aliphatic rings. The number of nitrogens with zero attached hydrogens (tertiary/aromatic N) is 1. The molecule has 9 N–H and O–H groups in total. The first kappa shape index (κ1) is 54.7. The normalized spacial score (nSPS) is 43.6. The van der Waals surface area contributed by atoms with Gasteiger partial charge < -0.3 is 74.8 Å². The lowest BCUT2D eigenvalue weighted by Gasteiger charge is -2.49. The summed E-state index contributed by atoms with van der Waals surface area (Å²) in [6.45, 7) is 16.3. The van der Waals surface area contributed by atoms with Gasteiger partial charge in [-0.15, -0.1) is 0 Å². The molecular weight excluding hydrogens is 804 g/mol. The summed E-state index contributed by atoms with van der Waals surface area (Å²) < 4.78 is 37.1. The minimum atomic E-state index is -1.99. The van der Waals surface area contributed by atoms with Gasteiger partial charge in [-0.25, -0.2) is 0 Å². The van der Waals surface area contributed by atoms with Gasteiger partial charge in [0.25, 0.3) is 0 Å². The van der Waals surface area contributed by atoms with E-state index < -0.39 is 126 Å². The molecule has 19 heteroatoms. The van der Waals surface area contributed by atoms with Crippen molar-refractivity contribution in [2.75, 3.05) is 21.2 Å². The van der Waals surface area contributed by atoms with Gasteiger partial charge in [-0.1, -0.05) is 27.7 Å². The van der Waals surface area contributed by atoms with Crippen molar-refractivity contribution >= 4 is 23.7 Å². The van der Waals surface area contributed by atoms with Gasteiger partial charge in [0.05, 0.1) is 47.6 Å². The molecule has 3 rings (SSSR count). The Kier molecular flexibility index (Phi) is 20.2. The van der Waals surface area contributed by atoms with E-state index in [9.17, 15) is 44.7 Å². The van der Waals surface area contributed by atoms with Gasteiger partial charge in [-0.3, -0.25) is 19.2 Å². The SMILES string of the molecule is CCC1OC(=O)[C@H](C)[C@@H](O[C@H]2C[C@@](C)(OC)[C@@H](O)[C@H](C)O2)[C@H](C)[C@@H](O[C@@H]2O[C@H](C)C[C@H](N(C)C)[C@H]2O)[C@](C)(O)C[C@@H](C)C(=O)[C@H](C)[C@@H](O)[C@]1(C)O.N[C@@H](CCC(=O)O)C(=O)O. The smallest absolute Gasteiger partial charge is 0.320 e. The number of aliphatic hydroxyl groups is 5. The third-order valence-electron chi connectivity index (χ3n) is 12.8. The summed E-state index contributed by atoms with van der Waals surface area (Å²) in [5, 5.41) is 73.9. The highest BCUT2D eigenvalue weighted by atomic mass is 16.7. The molecule has 3 aliphatic heterocycles. The average molecular weight is 881 g/mol. The molecule has 3 fully saturated rings. The van der Waals surface area contributed by atoms with E-state index in [2.05, 4.69) is 0 Å². The molecule has 0 radical (unpaired) electrons. The van der Waals surface area contributed by atoms with E-state index in [1.54, 1.807) is 41.5 Å². The van der Waals surface area contributed by atoms with Gasteiger partial charge in [0.1, 0.15) is 35.7 Å². The number of carbonyl (C=O) groups excluding carboxylic acids is 2. The quantitative estimate of drug-likeness (QED) is 0.135. The third-order valence-corrected chi connectivity index (χ3v) is 12.8. The molecule has 3 saturated heterocycles. The molecule has 0 aromatic carbocycles. The highest BCUT2D eigenvalue weighted by molar-refractivity contribution is 5.83. The van der Waals surface area contributed by atoms with Crippen LogP contribution in [0.5, 0.6) is 0 Å². The first-order chi connectivity index (χ1) is 28.0. The number of esters is 1. The average Bonchev–Trinajstić information content (AvgIpc) is 3.17. The predicted molar refractivity (Wildman–Crippen MR) is 219 cm³/mol. The van der Waals surface area contributed by atoms with Crippen molar-refractivity contribution in [3.8, 4) is 0 Å². The van der Waals surface area contributed by atoms with Crippen molar-refractivity contribution < 1.29 is 83.3 Å². The number of hydrogen-bond acceptors (Lipinski definition) is 17. The Balaban J connectivity index is 0.00000113. The van der Waals surface area contributed by atoms with Crippen molar-refractivity contribution in [3.05, 3.63) is 0 Å². The summed E-state index contributed by atoms with van der Waals surface area (Å²) in [6, 6.07) is -1.38. The van der Waals surface area contributed by atoms with Crippen molar-refractivity contribution in [2.45, 2.75) is 198 Å². The molecule has 0 aromatic heterocycles. The molecule has 356 valence electrons. The molecule has 61 heavy (non-hydrogen) atoms. The van der Waals surface area contributed by atoms with Crippen LogP contribution in [0.15, 0.2) is 0 Å². The van der Waals surface area contributed by atoms with Crippen LogP contribution >= 0.6 is 0 Å². The zero-order valence-corrected chi connectivity index (χ0v) is 38.2. The predicted octanol–water partition coefficient (Wildman–Crippen LogP) is 1.05. The van der Waals surface area contributed by atoms with Crippen LogP contribution < -0.4 is 5.73 Å². The number of likely N-dealkylation sites (N-methyl/N-ethyl adjacent to an activating group) is 1. The second-order valence-corrected chi connectivity index (χ2v) is 18.3. The Hall–Kier alpha value is -2.40. The van der Waals surface area contributed by atoms with Crippen LogP contribution in [0.4, 0.5) is 0 Å². The molecule has 19 atom stereocenters. The maximum absolute atomic E-state index is 14.1. The fourth-order valence-corrected chi connectivity index (χ4v) is 8.81. The Morgan fingerprint density at radius 3 is 2.02 bits per heavy atom. The molecule has 0 bridgehead atoms. The highest BCUT2D eigenvalue weighted by Crippen LogP contribution is 2.40. The third kappa shape index (κ3) is 13.8. The van der Waals surface area contributed by atoms with Crippen LogP contribution in [0.2, 0.25) is 0 Å². The van der Waals surface area contributed by atoms with Gasteiger partial charge in [0.15, 0.2) is 12.6 Å². The van der Waals surface area contributed by atoms with E-state index in [0.717, 1.165) is 0 Å². The van der Waals surface area contributed by atoms with Gasteiger partial charge in [0, 0.05) is 43.7 Å². The van der Waals surface area contributed by atoms with Crippen LogP contribution in [-0.2, 0) is 47.6 Å². The number of methoxy groups -OCH3 is 1. The molecule has 19 nitrogen and oxygen atoms in total. The van der Waals surface area contributed by atoms with Crippen molar-refractivity contribution in [1.82, 2.24) is 4.90 Å². The minimum Gasteiger partial charge on any atom is -0.481 e. The van der Waals surface area contributed by atoms with Gasteiger partial charge >= 0.3 is 17.9 Å². The zero-order chi connectivity index (χ0) is 47.1. The molecule has 0 saturated carbocycles. The number of carboxylic acid groups (broad SMARTS) is 2. The lowest BCUT2D eigenvalue weighted by Crippen LogP contribution is -2.61. The Morgan fingerprint density at radius 2 is 1.51 bits per heavy atom. The second kappa shape index (κ2) is 22.5. The first-order valence-corrected chi connectivity index (χ1v) is 21.2. The molecule has 3 heterocycles. The largest absolute Gasteiger partial charge is 0.481 e.